The van der Waals surface area contributed by atoms with Gasteiger partial charge >= 0.3 is 13.2 Å². The Morgan fingerprint density at radius 2 is 1.69 bits per heavy atom. The number of carbonyl (C=O) groups is 1. The molecule has 0 spiro atoms. The standard InChI is InChI=1S/C24H37BN2O5/c1-21(2,3)30-20(28)27-18-9-8-10-19(27)13-24(29,12-18)16-11-17(15-26-14-16)25-31-22(4,5)23(6,7)32-25/h11,14-15,18-19,29H,8-10,12-13H2,1-7H3. The molecule has 176 valence electrons. The van der Waals surface area contributed by atoms with Crippen LogP contribution in [0.1, 0.15) is 86.1 Å². The predicted octanol–water partition coefficient (Wildman–Crippen LogP) is 3.52. The number of piperidine rings is 2. The van der Waals surface area contributed by atoms with Gasteiger partial charge in [0.25, 0.3) is 0 Å². The second-order valence-corrected chi connectivity index (χ2v) is 11.7. The normalized spacial score (nSPS) is 31.5. The quantitative estimate of drug-likeness (QED) is 0.704. The van der Waals surface area contributed by atoms with Gasteiger partial charge < -0.3 is 24.1 Å². The summed E-state index contributed by atoms with van der Waals surface area (Å²) in [6.07, 6.45) is 6.91. The van der Waals surface area contributed by atoms with E-state index < -0.39 is 29.5 Å². The van der Waals surface area contributed by atoms with Crippen molar-refractivity contribution in [2.45, 2.75) is 115 Å². The van der Waals surface area contributed by atoms with Gasteiger partial charge in [-0.2, -0.15) is 0 Å². The van der Waals surface area contributed by atoms with Crippen LogP contribution >= 0.6 is 0 Å². The molecular formula is C24H37BN2O5. The molecule has 8 heteroatoms. The van der Waals surface area contributed by atoms with Crippen molar-refractivity contribution >= 4 is 18.7 Å². The van der Waals surface area contributed by atoms with Crippen LogP contribution in [0.15, 0.2) is 18.5 Å². The van der Waals surface area contributed by atoms with E-state index in [2.05, 4.69) is 4.98 Å². The lowest BCUT2D eigenvalue weighted by Gasteiger charge is -2.51. The van der Waals surface area contributed by atoms with E-state index >= 15 is 0 Å². The largest absolute Gasteiger partial charge is 0.496 e. The van der Waals surface area contributed by atoms with E-state index in [0.29, 0.717) is 12.8 Å². The lowest BCUT2D eigenvalue weighted by Crippen LogP contribution is -2.59. The van der Waals surface area contributed by atoms with E-state index in [-0.39, 0.29) is 18.2 Å². The molecule has 1 amide bonds. The average molecular weight is 444 g/mol. The second-order valence-electron chi connectivity index (χ2n) is 11.7. The number of amides is 1. The maximum Gasteiger partial charge on any atom is 0.496 e. The van der Waals surface area contributed by atoms with Crippen LogP contribution in [0.5, 0.6) is 0 Å². The number of aliphatic hydroxyl groups is 1. The first-order chi connectivity index (χ1) is 14.7. The number of pyridine rings is 1. The van der Waals surface area contributed by atoms with E-state index in [0.717, 1.165) is 30.3 Å². The molecule has 7 nitrogen and oxygen atoms in total. The zero-order valence-corrected chi connectivity index (χ0v) is 20.5. The highest BCUT2D eigenvalue weighted by Gasteiger charge is 2.53. The summed E-state index contributed by atoms with van der Waals surface area (Å²) < 4.78 is 18.0. The summed E-state index contributed by atoms with van der Waals surface area (Å²) in [7, 11) is -0.530. The summed E-state index contributed by atoms with van der Waals surface area (Å²) in [6.45, 7) is 13.7. The van der Waals surface area contributed by atoms with Crippen LogP contribution in [0.3, 0.4) is 0 Å². The SMILES string of the molecule is CC(C)(C)OC(=O)N1C2CCCC1CC(O)(c1cncc(B3OC(C)(C)C(C)(C)O3)c1)C2. The molecular weight excluding hydrogens is 407 g/mol. The predicted molar refractivity (Wildman–Crippen MR) is 123 cm³/mol. The number of hydrogen-bond donors (Lipinski definition) is 1. The fraction of sp³-hybridized carbons (Fsp3) is 0.750. The Morgan fingerprint density at radius 3 is 2.22 bits per heavy atom. The Hall–Kier alpha value is -1.64. The van der Waals surface area contributed by atoms with Gasteiger partial charge in [0.15, 0.2) is 0 Å². The van der Waals surface area contributed by atoms with Crippen molar-refractivity contribution in [3.8, 4) is 0 Å². The summed E-state index contributed by atoms with van der Waals surface area (Å²) in [4.78, 5) is 19.2. The van der Waals surface area contributed by atoms with Crippen LogP contribution < -0.4 is 5.46 Å². The maximum atomic E-state index is 12.9. The minimum atomic E-state index is -1.05. The zero-order valence-electron chi connectivity index (χ0n) is 20.5. The fourth-order valence-corrected chi connectivity index (χ4v) is 5.10. The monoisotopic (exact) mass is 444 g/mol. The summed E-state index contributed by atoms with van der Waals surface area (Å²) in [6, 6.07) is 1.85. The van der Waals surface area contributed by atoms with Gasteiger partial charge in [0.2, 0.25) is 0 Å². The lowest BCUT2D eigenvalue weighted by atomic mass is 9.71. The number of aromatic nitrogens is 1. The van der Waals surface area contributed by atoms with Gasteiger partial charge in [-0.3, -0.25) is 4.98 Å². The van der Waals surface area contributed by atoms with Crippen LogP contribution in [0.2, 0.25) is 0 Å². The molecule has 4 rings (SSSR count). The number of hydrogen-bond acceptors (Lipinski definition) is 6. The zero-order chi connectivity index (χ0) is 23.5. The molecule has 3 saturated heterocycles. The van der Waals surface area contributed by atoms with Crippen molar-refractivity contribution in [1.82, 2.24) is 9.88 Å². The summed E-state index contributed by atoms with van der Waals surface area (Å²) in [5.41, 5.74) is -0.929. The minimum Gasteiger partial charge on any atom is -0.444 e. The Morgan fingerprint density at radius 1 is 1.12 bits per heavy atom. The molecule has 0 saturated carbocycles. The Labute approximate surface area is 192 Å². The van der Waals surface area contributed by atoms with Crippen LogP contribution in [0, 0.1) is 0 Å². The molecule has 2 bridgehead atoms. The van der Waals surface area contributed by atoms with Crippen molar-refractivity contribution < 1.29 is 23.9 Å². The van der Waals surface area contributed by atoms with Gasteiger partial charge in [-0.1, -0.05) is 6.07 Å². The van der Waals surface area contributed by atoms with Crippen molar-refractivity contribution in [2.24, 2.45) is 0 Å². The minimum absolute atomic E-state index is 0.0529. The molecule has 4 heterocycles. The van der Waals surface area contributed by atoms with E-state index in [4.69, 9.17) is 14.0 Å². The molecule has 1 aromatic heterocycles. The molecule has 2 unspecified atom stereocenters. The molecule has 1 N–H and O–H groups in total. The van der Waals surface area contributed by atoms with E-state index in [1.807, 2.05) is 59.4 Å². The Kier molecular flexibility index (Phi) is 5.67. The van der Waals surface area contributed by atoms with Crippen LogP contribution in [-0.2, 0) is 19.6 Å². The van der Waals surface area contributed by atoms with Gasteiger partial charge in [0.05, 0.1) is 16.8 Å². The molecule has 1 aromatic rings. The highest BCUT2D eigenvalue weighted by molar-refractivity contribution is 6.62. The molecule has 0 aromatic carbocycles. The molecule has 0 radical (unpaired) electrons. The number of fused-ring (bicyclic) bond motifs is 2. The Balaban J connectivity index is 1.57. The van der Waals surface area contributed by atoms with Crippen molar-refractivity contribution in [3.05, 3.63) is 24.0 Å². The van der Waals surface area contributed by atoms with Crippen LogP contribution in [0.4, 0.5) is 4.79 Å². The summed E-state index contributed by atoms with van der Waals surface area (Å²) >= 11 is 0. The molecule has 2 atom stereocenters. The Bertz CT molecular complexity index is 851. The van der Waals surface area contributed by atoms with Crippen LogP contribution in [-0.4, -0.2) is 57.1 Å². The highest BCUT2D eigenvalue weighted by atomic mass is 16.7. The van der Waals surface area contributed by atoms with Gasteiger partial charge in [-0.15, -0.1) is 0 Å². The third-order valence-corrected chi connectivity index (χ3v) is 7.43. The third-order valence-electron chi connectivity index (χ3n) is 7.43. The fourth-order valence-electron chi connectivity index (χ4n) is 5.10. The summed E-state index contributed by atoms with van der Waals surface area (Å²) in [5, 5.41) is 11.8. The summed E-state index contributed by atoms with van der Waals surface area (Å²) in [5.74, 6) is 0. The number of ether oxygens (including phenoxy) is 1. The second kappa shape index (κ2) is 7.71. The van der Waals surface area contributed by atoms with Gasteiger partial charge in [-0.25, -0.2) is 4.79 Å². The smallest absolute Gasteiger partial charge is 0.444 e. The molecule has 3 aliphatic rings. The van der Waals surface area contributed by atoms with Gasteiger partial charge in [-0.05, 0) is 67.7 Å². The topological polar surface area (TPSA) is 81.1 Å². The van der Waals surface area contributed by atoms with E-state index in [1.165, 1.54) is 0 Å². The van der Waals surface area contributed by atoms with E-state index in [9.17, 15) is 9.90 Å². The first-order valence-electron chi connectivity index (χ1n) is 11.8. The lowest BCUT2D eigenvalue weighted by molar-refractivity contribution is -0.0966. The molecule has 32 heavy (non-hydrogen) atoms. The first-order valence-corrected chi connectivity index (χ1v) is 11.8. The average Bonchev–Trinajstić information content (AvgIpc) is 2.87. The van der Waals surface area contributed by atoms with Crippen LogP contribution in [0.25, 0.3) is 0 Å². The van der Waals surface area contributed by atoms with Gasteiger partial charge in [0.1, 0.15) is 5.60 Å². The number of nitrogens with zero attached hydrogens (tertiary/aromatic N) is 2. The molecule has 3 fully saturated rings. The van der Waals surface area contributed by atoms with Crippen molar-refractivity contribution in [1.29, 1.82) is 0 Å². The maximum absolute atomic E-state index is 12.9. The first kappa shape index (κ1) is 23.5. The van der Waals surface area contributed by atoms with E-state index in [1.54, 1.807) is 12.4 Å². The van der Waals surface area contributed by atoms with Crippen molar-refractivity contribution in [2.75, 3.05) is 0 Å². The molecule has 3 aliphatic heterocycles. The van der Waals surface area contributed by atoms with Crippen molar-refractivity contribution in [3.63, 3.8) is 0 Å². The highest BCUT2D eigenvalue weighted by Crippen LogP contribution is 2.45. The molecule has 0 aliphatic carbocycles. The number of rotatable bonds is 2. The number of carbonyl (C=O) groups excluding carboxylic acids is 1. The third kappa shape index (κ3) is 4.29. The van der Waals surface area contributed by atoms with Gasteiger partial charge in [0, 0.05) is 48.3 Å².